The van der Waals surface area contributed by atoms with E-state index >= 15 is 0 Å². The molecule has 1 aliphatic heterocycles. The van der Waals surface area contributed by atoms with E-state index in [9.17, 15) is 25.5 Å². The number of aliphatic hydroxyl groups is 4. The molecule has 0 bridgehead atoms. The lowest BCUT2D eigenvalue weighted by atomic mass is 9.98. The third-order valence-electron chi connectivity index (χ3n) is 5.65. The topological polar surface area (TPSA) is 115 Å². The largest absolute Gasteiger partial charge is 0.508 e. The first kappa shape index (κ1) is 21.1. The van der Waals surface area contributed by atoms with Crippen molar-refractivity contribution in [2.24, 2.45) is 0 Å². The zero-order valence-corrected chi connectivity index (χ0v) is 17.1. The molecule has 160 valence electrons. The summed E-state index contributed by atoms with van der Waals surface area (Å²) in [4.78, 5) is 0. The van der Waals surface area contributed by atoms with Gasteiger partial charge in [0.25, 0.3) is 0 Å². The molecule has 1 fully saturated rings. The number of hydrogen-bond acceptors (Lipinski definition) is 6. The standard InChI is InChI=1S/C22H24ClNO6/c1-11-6-14(23)8-16-18(11)13(7-12-2-4-15(26)5-3-12)9-24(16)22-21(29)20(28)19(27)17(10-25)30-22/h2-6,8-9,17,19-22,25-29H,7,10H2,1H3/t17-,19-,20+,21-,22-/m1/s1. The van der Waals surface area contributed by atoms with Crippen LogP contribution < -0.4 is 0 Å². The maximum Gasteiger partial charge on any atom is 0.163 e. The second-order valence-corrected chi connectivity index (χ2v) is 8.18. The minimum Gasteiger partial charge on any atom is -0.508 e. The molecule has 1 aliphatic rings. The number of phenolic OH excluding ortho intramolecular Hbond substituents is 1. The molecule has 0 radical (unpaired) electrons. The summed E-state index contributed by atoms with van der Waals surface area (Å²) in [6, 6.07) is 10.5. The van der Waals surface area contributed by atoms with E-state index in [-0.39, 0.29) is 5.75 Å². The molecule has 0 aliphatic carbocycles. The third-order valence-corrected chi connectivity index (χ3v) is 5.86. The zero-order valence-electron chi connectivity index (χ0n) is 16.3. The monoisotopic (exact) mass is 433 g/mol. The number of fused-ring (bicyclic) bond motifs is 1. The Bertz CT molecular complexity index is 1050. The van der Waals surface area contributed by atoms with Crippen LogP contribution in [-0.2, 0) is 11.2 Å². The second kappa shape index (κ2) is 8.19. The van der Waals surface area contributed by atoms with Gasteiger partial charge in [0.15, 0.2) is 6.23 Å². The van der Waals surface area contributed by atoms with Crippen molar-refractivity contribution in [1.82, 2.24) is 4.57 Å². The van der Waals surface area contributed by atoms with Gasteiger partial charge in [-0.05, 0) is 54.3 Å². The normalized spacial score (nSPS) is 26.9. The number of aromatic nitrogens is 1. The molecule has 0 amide bonds. The first-order valence-corrected chi connectivity index (χ1v) is 10.1. The van der Waals surface area contributed by atoms with Crippen molar-refractivity contribution in [2.45, 2.75) is 44.0 Å². The van der Waals surface area contributed by atoms with Gasteiger partial charge in [0.2, 0.25) is 0 Å². The average Bonchev–Trinajstić information content (AvgIpc) is 3.06. The summed E-state index contributed by atoms with van der Waals surface area (Å²) >= 11 is 6.29. The number of rotatable bonds is 4. The summed E-state index contributed by atoms with van der Waals surface area (Å²) < 4.78 is 7.45. The van der Waals surface area contributed by atoms with Crippen molar-refractivity contribution < 1.29 is 30.3 Å². The van der Waals surface area contributed by atoms with Gasteiger partial charge in [0, 0.05) is 16.6 Å². The minimum absolute atomic E-state index is 0.186. The van der Waals surface area contributed by atoms with E-state index in [4.69, 9.17) is 16.3 Å². The van der Waals surface area contributed by atoms with Gasteiger partial charge >= 0.3 is 0 Å². The number of benzene rings is 2. The fourth-order valence-corrected chi connectivity index (χ4v) is 4.41. The predicted molar refractivity (Wildman–Crippen MR) is 112 cm³/mol. The van der Waals surface area contributed by atoms with Crippen molar-refractivity contribution in [3.05, 3.63) is 64.3 Å². The summed E-state index contributed by atoms with van der Waals surface area (Å²) in [5, 5.41) is 51.4. The average molecular weight is 434 g/mol. The van der Waals surface area contributed by atoms with E-state index in [1.54, 1.807) is 22.8 Å². The van der Waals surface area contributed by atoms with E-state index in [1.807, 2.05) is 31.3 Å². The van der Waals surface area contributed by atoms with Crippen LogP contribution in [0.15, 0.2) is 42.6 Å². The summed E-state index contributed by atoms with van der Waals surface area (Å²) in [5.41, 5.74) is 3.57. The Balaban J connectivity index is 1.83. The number of aryl methyl sites for hydroxylation is 1. The van der Waals surface area contributed by atoms with Crippen molar-refractivity contribution in [1.29, 1.82) is 0 Å². The Morgan fingerprint density at radius 3 is 2.40 bits per heavy atom. The quantitative estimate of drug-likeness (QED) is 0.429. The van der Waals surface area contributed by atoms with Crippen molar-refractivity contribution in [3.63, 3.8) is 0 Å². The molecular formula is C22H24ClNO6. The fraction of sp³-hybridized carbons (Fsp3) is 0.364. The van der Waals surface area contributed by atoms with Gasteiger partial charge in [-0.25, -0.2) is 0 Å². The Morgan fingerprint density at radius 1 is 1.03 bits per heavy atom. The van der Waals surface area contributed by atoms with E-state index in [0.717, 1.165) is 22.1 Å². The molecular weight excluding hydrogens is 410 g/mol. The molecule has 0 unspecified atom stereocenters. The highest BCUT2D eigenvalue weighted by molar-refractivity contribution is 6.31. The number of aliphatic hydroxyl groups excluding tert-OH is 4. The van der Waals surface area contributed by atoms with Gasteiger partial charge in [-0.15, -0.1) is 0 Å². The molecule has 8 heteroatoms. The number of ether oxygens (including phenoxy) is 1. The Kier molecular flexibility index (Phi) is 5.76. The molecule has 1 saturated heterocycles. The number of halogens is 1. The van der Waals surface area contributed by atoms with Gasteiger partial charge in [0.05, 0.1) is 12.1 Å². The molecule has 5 N–H and O–H groups in total. The number of phenols is 1. The zero-order chi connectivity index (χ0) is 21.6. The minimum atomic E-state index is -1.47. The van der Waals surface area contributed by atoms with Crippen LogP contribution in [0.4, 0.5) is 0 Å². The summed E-state index contributed by atoms with van der Waals surface area (Å²) in [6.45, 7) is 1.44. The van der Waals surface area contributed by atoms with Crippen LogP contribution in [0, 0.1) is 6.92 Å². The summed E-state index contributed by atoms with van der Waals surface area (Å²) in [6.07, 6.45) is -3.94. The Hall–Kier alpha value is -2.13. The van der Waals surface area contributed by atoms with E-state index < -0.39 is 37.3 Å². The molecule has 2 heterocycles. The van der Waals surface area contributed by atoms with Gasteiger partial charge in [-0.3, -0.25) is 0 Å². The van der Waals surface area contributed by atoms with E-state index in [0.29, 0.717) is 17.0 Å². The maximum absolute atomic E-state index is 10.6. The first-order valence-electron chi connectivity index (χ1n) is 9.68. The van der Waals surface area contributed by atoms with Crippen molar-refractivity contribution >= 4 is 22.5 Å². The first-order chi connectivity index (χ1) is 14.3. The summed E-state index contributed by atoms with van der Waals surface area (Å²) in [7, 11) is 0. The highest BCUT2D eigenvalue weighted by Gasteiger charge is 2.44. The van der Waals surface area contributed by atoms with Crippen molar-refractivity contribution in [3.8, 4) is 5.75 Å². The Morgan fingerprint density at radius 2 is 1.73 bits per heavy atom. The van der Waals surface area contributed by atoms with E-state index in [2.05, 4.69) is 0 Å². The molecule has 4 rings (SSSR count). The number of aromatic hydroxyl groups is 1. The summed E-state index contributed by atoms with van der Waals surface area (Å²) in [5.74, 6) is 0.186. The van der Waals surface area contributed by atoms with Crippen LogP contribution in [0.1, 0.15) is 22.9 Å². The number of hydrogen-bond donors (Lipinski definition) is 5. The molecule has 2 aromatic carbocycles. The maximum atomic E-state index is 10.6. The SMILES string of the molecule is Cc1cc(Cl)cc2c1c(Cc1ccc(O)cc1)cn2[C@@H]1O[C@H](CO)[C@@H](O)[C@H](O)[C@H]1O. The van der Waals surface area contributed by atoms with Gasteiger partial charge in [-0.2, -0.15) is 0 Å². The molecule has 3 aromatic rings. The van der Waals surface area contributed by atoms with Crippen LogP contribution in [0.2, 0.25) is 5.02 Å². The third kappa shape index (κ3) is 3.69. The lowest BCUT2D eigenvalue weighted by Crippen LogP contribution is -2.56. The smallest absolute Gasteiger partial charge is 0.163 e. The molecule has 7 nitrogen and oxygen atoms in total. The molecule has 30 heavy (non-hydrogen) atoms. The lowest BCUT2D eigenvalue weighted by molar-refractivity contribution is -0.250. The highest BCUT2D eigenvalue weighted by atomic mass is 35.5. The fourth-order valence-electron chi connectivity index (χ4n) is 4.14. The predicted octanol–water partition coefficient (Wildman–Crippen LogP) is 1.87. The van der Waals surface area contributed by atoms with Crippen molar-refractivity contribution in [2.75, 3.05) is 6.61 Å². The Labute approximate surface area is 178 Å². The van der Waals surface area contributed by atoms with Crippen LogP contribution >= 0.6 is 11.6 Å². The van der Waals surface area contributed by atoms with Gasteiger partial charge in [0.1, 0.15) is 30.2 Å². The molecule has 0 saturated carbocycles. The second-order valence-electron chi connectivity index (χ2n) is 7.74. The highest BCUT2D eigenvalue weighted by Crippen LogP contribution is 2.36. The van der Waals surface area contributed by atoms with Crippen LogP contribution in [-0.4, -0.2) is 61.1 Å². The van der Waals surface area contributed by atoms with Gasteiger partial charge < -0.3 is 34.8 Å². The van der Waals surface area contributed by atoms with Gasteiger partial charge in [-0.1, -0.05) is 23.7 Å². The molecule has 5 atom stereocenters. The van der Waals surface area contributed by atoms with E-state index in [1.165, 1.54) is 0 Å². The van der Waals surface area contributed by atoms with Crippen LogP contribution in [0.5, 0.6) is 5.75 Å². The van der Waals surface area contributed by atoms with Crippen LogP contribution in [0.3, 0.4) is 0 Å². The van der Waals surface area contributed by atoms with Crippen LogP contribution in [0.25, 0.3) is 10.9 Å². The number of nitrogens with zero attached hydrogens (tertiary/aromatic N) is 1. The molecule has 1 aromatic heterocycles. The lowest BCUT2D eigenvalue weighted by Gasteiger charge is -2.40. The molecule has 0 spiro atoms.